The van der Waals surface area contributed by atoms with Crippen molar-refractivity contribution in [3.8, 4) is 0 Å². The lowest BCUT2D eigenvalue weighted by molar-refractivity contribution is -0.0482. The predicted octanol–water partition coefficient (Wildman–Crippen LogP) is 5.80. The quantitative estimate of drug-likeness (QED) is 0.405. The molecule has 34 heavy (non-hydrogen) atoms. The minimum absolute atomic E-state index is 0.163. The highest BCUT2D eigenvalue weighted by Gasteiger charge is 2.51. The van der Waals surface area contributed by atoms with Gasteiger partial charge in [0, 0.05) is 11.2 Å². The maximum absolute atomic E-state index is 13.7. The summed E-state index contributed by atoms with van der Waals surface area (Å²) in [5.41, 5.74) is -4.02. The average molecular weight is 509 g/mol. The van der Waals surface area contributed by atoms with E-state index in [9.17, 15) is 25.8 Å². The van der Waals surface area contributed by atoms with Crippen LogP contribution in [-0.4, -0.2) is 28.7 Å². The zero-order chi connectivity index (χ0) is 25.0. The summed E-state index contributed by atoms with van der Waals surface area (Å²) >= 11 is 0. The van der Waals surface area contributed by atoms with Gasteiger partial charge in [-0.1, -0.05) is 78.4 Å². The first-order chi connectivity index (χ1) is 15.9. The van der Waals surface area contributed by atoms with Gasteiger partial charge in [0.05, 0.1) is 16.3 Å². The Morgan fingerprint density at radius 1 is 0.882 bits per heavy atom. The van der Waals surface area contributed by atoms with Crippen LogP contribution in [0.4, 0.5) is 13.2 Å². The molecular weight excluding hydrogens is 485 g/mol. The minimum Gasteiger partial charge on any atom is -0.245 e. The van der Waals surface area contributed by atoms with Gasteiger partial charge in [-0.15, -0.1) is 0 Å². The number of sulfonamides is 1. The van der Waals surface area contributed by atoms with Gasteiger partial charge in [-0.3, -0.25) is 0 Å². The van der Waals surface area contributed by atoms with Crippen LogP contribution in [0.25, 0.3) is 6.08 Å². The zero-order valence-electron chi connectivity index (χ0n) is 18.4. The first-order valence-electron chi connectivity index (χ1n) is 10.1. The van der Waals surface area contributed by atoms with E-state index in [1.165, 1.54) is 36.6 Å². The fourth-order valence-corrected chi connectivity index (χ4v) is 5.26. The molecule has 0 aliphatic carbocycles. The van der Waals surface area contributed by atoms with Crippen molar-refractivity contribution < 1.29 is 25.8 Å². The van der Waals surface area contributed by atoms with Crippen molar-refractivity contribution in [2.45, 2.75) is 23.9 Å². The molecule has 0 N–H and O–H groups in total. The van der Waals surface area contributed by atoms with Crippen LogP contribution in [0.2, 0.25) is 0 Å². The van der Waals surface area contributed by atoms with E-state index in [1.54, 1.807) is 67.6 Å². The Bertz CT molecular complexity index is 1380. The summed E-state index contributed by atoms with van der Waals surface area (Å²) in [5, 5.41) is 0. The Balaban J connectivity index is 2.27. The molecule has 10 heteroatoms. The summed E-state index contributed by atoms with van der Waals surface area (Å²) in [7, 11) is -9.17. The number of rotatable bonds is 7. The highest BCUT2D eigenvalue weighted by molar-refractivity contribution is 7.93. The van der Waals surface area contributed by atoms with E-state index in [4.69, 9.17) is 0 Å². The van der Waals surface area contributed by atoms with E-state index in [0.717, 1.165) is 5.56 Å². The normalized spacial score (nSPS) is 14.3. The molecule has 0 radical (unpaired) electrons. The van der Waals surface area contributed by atoms with Gasteiger partial charge >= 0.3 is 15.5 Å². The van der Waals surface area contributed by atoms with Crippen LogP contribution < -0.4 is 0 Å². The van der Waals surface area contributed by atoms with Crippen LogP contribution in [0.1, 0.15) is 16.7 Å². The van der Waals surface area contributed by atoms with Crippen molar-refractivity contribution >= 4 is 25.8 Å². The van der Waals surface area contributed by atoms with Gasteiger partial charge in [0.25, 0.3) is 0 Å². The number of aryl methyl sites for hydroxylation is 1. The third kappa shape index (κ3) is 6.06. The van der Waals surface area contributed by atoms with Crippen LogP contribution >= 0.6 is 0 Å². The van der Waals surface area contributed by atoms with Crippen molar-refractivity contribution in [3.05, 3.63) is 107 Å². The van der Waals surface area contributed by atoms with Gasteiger partial charge in [0.1, 0.15) is 0 Å². The minimum atomic E-state index is -5.87. The fourth-order valence-electron chi connectivity index (χ4n) is 3.02. The monoisotopic (exact) mass is 508 g/mol. The zero-order valence-corrected chi connectivity index (χ0v) is 20.1. The Labute approximate surface area is 197 Å². The Kier molecular flexibility index (Phi) is 7.52. The van der Waals surface area contributed by atoms with Crippen molar-refractivity contribution in [2.75, 3.05) is 6.26 Å². The molecule has 180 valence electrons. The summed E-state index contributed by atoms with van der Waals surface area (Å²) in [6, 6.07) is 22.5. The molecule has 0 spiro atoms. The second-order valence-corrected chi connectivity index (χ2v) is 11.7. The molecule has 3 aromatic carbocycles. The lowest BCUT2D eigenvalue weighted by Gasteiger charge is -2.26. The molecule has 0 bridgehead atoms. The van der Waals surface area contributed by atoms with Crippen LogP contribution in [0.15, 0.2) is 100 Å². The van der Waals surface area contributed by atoms with E-state index in [-0.39, 0.29) is 9.20 Å². The molecule has 0 aliphatic rings. The van der Waals surface area contributed by atoms with Gasteiger partial charge in [0.15, 0.2) is 5.82 Å². The standard InChI is InChI=1S/C24H23F3N2O3S2/c1-19-13-15-21(16-14-19)18-29(34(31,32)24(25,26)27)23(17-20-9-5-3-6-10-20)28-33(2,30)22-11-7-4-8-12-22/h3-17H,18H2,1-2H3/b23-17+. The Hall–Kier alpha value is -3.11. The highest BCUT2D eigenvalue weighted by Crippen LogP contribution is 2.33. The molecule has 0 aromatic heterocycles. The number of benzene rings is 3. The molecule has 5 nitrogen and oxygen atoms in total. The lowest BCUT2D eigenvalue weighted by atomic mass is 10.1. The second kappa shape index (κ2) is 10.0. The van der Waals surface area contributed by atoms with Crippen molar-refractivity contribution in [1.82, 2.24) is 4.31 Å². The molecule has 1 atom stereocenters. The summed E-state index contributed by atoms with van der Waals surface area (Å²) in [6.07, 6.45) is 2.44. The van der Waals surface area contributed by atoms with Gasteiger partial charge < -0.3 is 0 Å². The summed E-state index contributed by atoms with van der Waals surface area (Å²) in [6.45, 7) is 1.16. The van der Waals surface area contributed by atoms with Gasteiger partial charge in [-0.2, -0.15) is 26.0 Å². The molecule has 0 fully saturated rings. The van der Waals surface area contributed by atoms with Crippen molar-refractivity contribution in [1.29, 1.82) is 0 Å². The molecular formula is C24H23F3N2O3S2. The molecule has 3 aromatic rings. The SMILES string of the molecule is Cc1ccc(CN(/C(=C/c2ccccc2)N=S(C)(=O)c2ccccc2)S(=O)(=O)C(F)(F)F)cc1. The number of alkyl halides is 3. The topological polar surface area (TPSA) is 66.8 Å². The first kappa shape index (κ1) is 25.5. The van der Waals surface area contributed by atoms with Gasteiger partial charge in [0.2, 0.25) is 0 Å². The molecule has 0 aliphatic heterocycles. The molecule has 0 saturated heterocycles. The fraction of sp³-hybridized carbons (Fsp3) is 0.167. The van der Waals surface area contributed by atoms with Gasteiger partial charge in [-0.05, 0) is 36.3 Å². The number of hydrogen-bond acceptors (Lipinski definition) is 4. The van der Waals surface area contributed by atoms with Crippen LogP contribution in [0.5, 0.6) is 0 Å². The molecule has 1 unspecified atom stereocenters. The third-order valence-corrected chi connectivity index (χ3v) is 7.99. The highest BCUT2D eigenvalue weighted by atomic mass is 32.2. The summed E-state index contributed by atoms with van der Waals surface area (Å²) in [5.74, 6) is -0.583. The van der Waals surface area contributed by atoms with E-state index in [2.05, 4.69) is 4.36 Å². The lowest BCUT2D eigenvalue weighted by Crippen LogP contribution is -2.39. The first-order valence-corrected chi connectivity index (χ1v) is 13.4. The van der Waals surface area contributed by atoms with E-state index in [0.29, 0.717) is 11.1 Å². The Morgan fingerprint density at radius 2 is 1.41 bits per heavy atom. The average Bonchev–Trinajstić information content (AvgIpc) is 2.78. The van der Waals surface area contributed by atoms with Crippen molar-refractivity contribution in [3.63, 3.8) is 0 Å². The third-order valence-electron chi connectivity index (χ3n) is 4.83. The van der Waals surface area contributed by atoms with Crippen molar-refractivity contribution in [2.24, 2.45) is 4.36 Å². The summed E-state index contributed by atoms with van der Waals surface area (Å²) < 4.78 is 84.3. The van der Waals surface area contributed by atoms with Crippen LogP contribution in [-0.2, 0) is 26.3 Å². The molecule has 3 rings (SSSR count). The number of nitrogens with zero attached hydrogens (tertiary/aromatic N) is 2. The van der Waals surface area contributed by atoms with E-state index < -0.39 is 37.6 Å². The Morgan fingerprint density at radius 3 is 1.94 bits per heavy atom. The maximum Gasteiger partial charge on any atom is 0.516 e. The number of halogens is 3. The number of hydrogen-bond donors (Lipinski definition) is 0. The van der Waals surface area contributed by atoms with E-state index >= 15 is 0 Å². The molecule has 0 amide bonds. The second-order valence-electron chi connectivity index (χ2n) is 7.56. The maximum atomic E-state index is 13.7. The largest absolute Gasteiger partial charge is 0.516 e. The molecule has 0 saturated carbocycles. The summed E-state index contributed by atoms with van der Waals surface area (Å²) in [4.78, 5) is 0.258. The van der Waals surface area contributed by atoms with Crippen LogP contribution in [0, 0.1) is 6.92 Å². The van der Waals surface area contributed by atoms with E-state index in [1.807, 2.05) is 0 Å². The van der Waals surface area contributed by atoms with Crippen LogP contribution in [0.3, 0.4) is 0 Å². The molecule has 0 heterocycles. The smallest absolute Gasteiger partial charge is 0.245 e. The van der Waals surface area contributed by atoms with Gasteiger partial charge in [-0.25, -0.2) is 8.51 Å². The predicted molar refractivity (Wildman–Crippen MR) is 127 cm³/mol.